The molecule has 1 N–H and O–H groups in total. The van der Waals surface area contributed by atoms with Crippen molar-refractivity contribution in [3.8, 4) is 5.75 Å². The van der Waals surface area contributed by atoms with Crippen LogP contribution in [0.4, 0.5) is 0 Å². The lowest BCUT2D eigenvalue weighted by Gasteiger charge is -2.23. The Labute approximate surface area is 124 Å². The van der Waals surface area contributed by atoms with Crippen molar-refractivity contribution in [3.63, 3.8) is 0 Å². The molecule has 2 aromatic carbocycles. The van der Waals surface area contributed by atoms with E-state index in [1.807, 2.05) is 38.1 Å². The van der Waals surface area contributed by atoms with Crippen molar-refractivity contribution < 1.29 is 19.4 Å². The van der Waals surface area contributed by atoms with Gasteiger partial charge in [-0.25, -0.2) is 4.79 Å². The van der Waals surface area contributed by atoms with E-state index in [2.05, 4.69) is 0 Å². The van der Waals surface area contributed by atoms with Crippen molar-refractivity contribution >= 4 is 16.7 Å². The minimum atomic E-state index is -0.984. The third-order valence-corrected chi connectivity index (χ3v) is 3.59. The van der Waals surface area contributed by atoms with Gasteiger partial charge >= 0.3 is 5.97 Å². The molecular weight excluding hydrogens is 268 g/mol. The summed E-state index contributed by atoms with van der Waals surface area (Å²) in [5.41, 5.74) is -0.107. The van der Waals surface area contributed by atoms with Crippen LogP contribution in [0.25, 0.3) is 10.8 Å². The molecule has 0 atom stereocenters. The summed E-state index contributed by atoms with van der Waals surface area (Å²) in [6.45, 7) is 4.34. The molecule has 0 amide bonds. The zero-order valence-electron chi connectivity index (χ0n) is 12.6. The predicted molar refractivity (Wildman–Crippen MR) is 82.1 cm³/mol. The number of benzene rings is 2. The number of carbonyl (C=O) groups is 1. The molecule has 0 spiro atoms. The fourth-order valence-electron chi connectivity index (χ4n) is 2.01. The second-order valence-corrected chi connectivity index (χ2v) is 5.56. The third-order valence-electron chi connectivity index (χ3n) is 3.59. The van der Waals surface area contributed by atoms with Crippen LogP contribution < -0.4 is 4.74 Å². The molecular formula is C17H20O4. The van der Waals surface area contributed by atoms with Crippen molar-refractivity contribution in [2.75, 3.05) is 13.7 Å². The quantitative estimate of drug-likeness (QED) is 0.880. The van der Waals surface area contributed by atoms with Crippen molar-refractivity contribution in [2.24, 2.45) is 0 Å². The molecule has 0 aliphatic carbocycles. The number of aromatic carboxylic acids is 1. The SMILES string of the molecule is COC(C)(C)CCOc1cc2ccccc2cc1C(=O)O. The van der Waals surface area contributed by atoms with E-state index in [1.54, 1.807) is 19.2 Å². The Hall–Kier alpha value is -2.07. The molecule has 0 aliphatic heterocycles. The molecule has 4 heteroatoms. The van der Waals surface area contributed by atoms with E-state index in [4.69, 9.17) is 9.47 Å². The normalized spacial score (nSPS) is 11.6. The Morgan fingerprint density at radius 3 is 2.38 bits per heavy atom. The molecule has 0 saturated carbocycles. The Morgan fingerprint density at radius 2 is 1.81 bits per heavy atom. The maximum atomic E-state index is 11.4. The fraction of sp³-hybridized carbons (Fsp3) is 0.353. The summed E-state index contributed by atoms with van der Waals surface area (Å²) < 4.78 is 11.0. The van der Waals surface area contributed by atoms with Gasteiger partial charge in [-0.2, -0.15) is 0 Å². The van der Waals surface area contributed by atoms with E-state index in [9.17, 15) is 9.90 Å². The van der Waals surface area contributed by atoms with E-state index in [1.165, 1.54) is 0 Å². The summed E-state index contributed by atoms with van der Waals surface area (Å²) in [5, 5.41) is 11.2. The number of rotatable bonds is 6. The minimum Gasteiger partial charge on any atom is -0.493 e. The van der Waals surface area contributed by atoms with Gasteiger partial charge in [0, 0.05) is 13.5 Å². The zero-order valence-corrected chi connectivity index (χ0v) is 12.6. The number of carboxylic acid groups (broad SMARTS) is 1. The lowest BCUT2D eigenvalue weighted by atomic mass is 10.1. The van der Waals surface area contributed by atoms with Crippen LogP contribution in [0.2, 0.25) is 0 Å². The van der Waals surface area contributed by atoms with Crippen molar-refractivity contribution in [3.05, 3.63) is 42.0 Å². The molecule has 2 rings (SSSR count). The number of hydrogen-bond acceptors (Lipinski definition) is 3. The molecule has 0 radical (unpaired) electrons. The zero-order chi connectivity index (χ0) is 15.5. The van der Waals surface area contributed by atoms with Gasteiger partial charge in [-0.05, 0) is 36.8 Å². The van der Waals surface area contributed by atoms with E-state index in [0.29, 0.717) is 18.8 Å². The van der Waals surface area contributed by atoms with Gasteiger partial charge in [-0.3, -0.25) is 0 Å². The monoisotopic (exact) mass is 288 g/mol. The molecule has 112 valence electrons. The smallest absolute Gasteiger partial charge is 0.339 e. The van der Waals surface area contributed by atoms with Crippen LogP contribution in [0.5, 0.6) is 5.75 Å². The highest BCUT2D eigenvalue weighted by molar-refractivity contribution is 5.97. The fourth-order valence-corrected chi connectivity index (χ4v) is 2.01. The summed E-state index contributed by atoms with van der Waals surface area (Å²) in [6.07, 6.45) is 0.676. The van der Waals surface area contributed by atoms with E-state index >= 15 is 0 Å². The highest BCUT2D eigenvalue weighted by atomic mass is 16.5. The van der Waals surface area contributed by atoms with E-state index < -0.39 is 5.97 Å². The molecule has 0 aromatic heterocycles. The first-order valence-electron chi connectivity index (χ1n) is 6.87. The lowest BCUT2D eigenvalue weighted by Crippen LogP contribution is -2.25. The van der Waals surface area contributed by atoms with Crippen LogP contribution in [0.3, 0.4) is 0 Å². The van der Waals surface area contributed by atoms with Gasteiger partial charge in [0.15, 0.2) is 0 Å². The topological polar surface area (TPSA) is 55.8 Å². The number of ether oxygens (including phenoxy) is 2. The number of hydrogen-bond donors (Lipinski definition) is 1. The van der Waals surface area contributed by atoms with Crippen LogP contribution in [0, 0.1) is 0 Å². The van der Waals surface area contributed by atoms with Crippen LogP contribution >= 0.6 is 0 Å². The molecule has 0 saturated heterocycles. The van der Waals surface area contributed by atoms with Gasteiger partial charge in [0.25, 0.3) is 0 Å². The average Bonchev–Trinajstić information content (AvgIpc) is 2.46. The van der Waals surface area contributed by atoms with Crippen LogP contribution in [-0.4, -0.2) is 30.4 Å². The largest absolute Gasteiger partial charge is 0.493 e. The van der Waals surface area contributed by atoms with Gasteiger partial charge in [0.1, 0.15) is 11.3 Å². The standard InChI is InChI=1S/C17H20O4/c1-17(2,20-3)8-9-21-15-11-13-7-5-4-6-12(13)10-14(15)16(18)19/h4-7,10-11H,8-9H2,1-3H3,(H,18,19). The second-order valence-electron chi connectivity index (χ2n) is 5.56. The Balaban J connectivity index is 2.25. The number of carboxylic acids is 1. The van der Waals surface area contributed by atoms with E-state index in [0.717, 1.165) is 10.8 Å². The first kappa shape index (κ1) is 15.3. The van der Waals surface area contributed by atoms with Crippen molar-refractivity contribution in [1.82, 2.24) is 0 Å². The number of fused-ring (bicyclic) bond motifs is 1. The lowest BCUT2D eigenvalue weighted by molar-refractivity contribution is 0.00539. The summed E-state index contributed by atoms with van der Waals surface area (Å²) in [6, 6.07) is 11.1. The number of methoxy groups -OCH3 is 1. The van der Waals surface area contributed by atoms with Crippen LogP contribution in [0.15, 0.2) is 36.4 Å². The molecule has 4 nitrogen and oxygen atoms in total. The Bertz CT molecular complexity index is 646. The Kier molecular flexibility index (Phi) is 4.48. The first-order valence-corrected chi connectivity index (χ1v) is 6.87. The van der Waals surface area contributed by atoms with Gasteiger partial charge in [0.2, 0.25) is 0 Å². The molecule has 2 aromatic rings. The van der Waals surface area contributed by atoms with Crippen LogP contribution in [0.1, 0.15) is 30.6 Å². The highest BCUT2D eigenvalue weighted by Gasteiger charge is 2.18. The summed E-state index contributed by atoms with van der Waals surface area (Å²) in [4.78, 5) is 11.4. The highest BCUT2D eigenvalue weighted by Crippen LogP contribution is 2.27. The maximum Gasteiger partial charge on any atom is 0.339 e. The van der Waals surface area contributed by atoms with E-state index in [-0.39, 0.29) is 11.2 Å². The first-order chi connectivity index (χ1) is 9.93. The summed E-state index contributed by atoms with van der Waals surface area (Å²) >= 11 is 0. The molecule has 21 heavy (non-hydrogen) atoms. The predicted octanol–water partition coefficient (Wildman–Crippen LogP) is 3.73. The second kappa shape index (κ2) is 6.14. The summed E-state index contributed by atoms with van der Waals surface area (Å²) in [7, 11) is 1.65. The van der Waals surface area contributed by atoms with Gasteiger partial charge in [0.05, 0.1) is 12.2 Å². The summed E-state index contributed by atoms with van der Waals surface area (Å²) in [5.74, 6) is -0.588. The molecule has 0 unspecified atom stereocenters. The third kappa shape index (κ3) is 3.73. The maximum absolute atomic E-state index is 11.4. The van der Waals surface area contributed by atoms with Crippen molar-refractivity contribution in [2.45, 2.75) is 25.9 Å². The van der Waals surface area contributed by atoms with Crippen LogP contribution in [-0.2, 0) is 4.74 Å². The van der Waals surface area contributed by atoms with Gasteiger partial charge < -0.3 is 14.6 Å². The average molecular weight is 288 g/mol. The molecule has 0 heterocycles. The van der Waals surface area contributed by atoms with Crippen molar-refractivity contribution in [1.29, 1.82) is 0 Å². The Morgan fingerprint density at radius 1 is 1.19 bits per heavy atom. The van der Waals surface area contributed by atoms with Gasteiger partial charge in [-0.1, -0.05) is 24.3 Å². The molecule has 0 bridgehead atoms. The molecule has 0 aliphatic rings. The van der Waals surface area contributed by atoms with Gasteiger partial charge in [-0.15, -0.1) is 0 Å². The minimum absolute atomic E-state index is 0.184. The molecule has 0 fully saturated rings.